The predicted octanol–water partition coefficient (Wildman–Crippen LogP) is 3.87. The molecule has 1 aromatic carbocycles. The second-order valence-corrected chi connectivity index (χ2v) is 9.59. The first kappa shape index (κ1) is 22.4. The standard InChI is InChI=1S/C21H25Cl3N6O/c1-13(15-4-3-14(22)9-16(15)23)27-18-17(24)10-26-20(28-18)30-7-5-29(6-8-30)19(31)21(2)11-25-12-21/h3-4,9-10,13,25H,5-8,11-12H2,1-2H3,(H,26,27,28). The molecule has 2 aliphatic rings. The molecule has 0 radical (unpaired) electrons. The number of halogens is 3. The van der Waals surface area contributed by atoms with E-state index in [0.717, 1.165) is 18.7 Å². The zero-order chi connectivity index (χ0) is 22.2. The fourth-order valence-electron chi connectivity index (χ4n) is 3.89. The van der Waals surface area contributed by atoms with E-state index in [1.807, 2.05) is 24.8 Å². The summed E-state index contributed by atoms with van der Waals surface area (Å²) in [4.78, 5) is 25.8. The molecule has 1 aromatic heterocycles. The molecule has 2 saturated heterocycles. The number of rotatable bonds is 5. The Morgan fingerprint density at radius 1 is 1.16 bits per heavy atom. The minimum absolute atomic E-state index is 0.128. The lowest BCUT2D eigenvalue weighted by molar-refractivity contribution is -0.144. The van der Waals surface area contributed by atoms with Crippen molar-refractivity contribution >= 4 is 52.5 Å². The summed E-state index contributed by atoms with van der Waals surface area (Å²) in [7, 11) is 0. The van der Waals surface area contributed by atoms with Crippen LogP contribution >= 0.6 is 34.8 Å². The lowest BCUT2D eigenvalue weighted by Crippen LogP contribution is -2.62. The molecule has 1 atom stereocenters. The van der Waals surface area contributed by atoms with Gasteiger partial charge in [-0.15, -0.1) is 0 Å². The van der Waals surface area contributed by atoms with E-state index in [1.165, 1.54) is 0 Å². The van der Waals surface area contributed by atoms with Gasteiger partial charge in [-0.1, -0.05) is 40.9 Å². The second-order valence-electron chi connectivity index (χ2n) is 8.34. The molecule has 2 aliphatic heterocycles. The summed E-state index contributed by atoms with van der Waals surface area (Å²) < 4.78 is 0. The molecule has 0 bridgehead atoms. The number of anilines is 2. The molecule has 2 fully saturated rings. The number of carbonyl (C=O) groups is 1. The monoisotopic (exact) mass is 482 g/mol. The highest BCUT2D eigenvalue weighted by atomic mass is 35.5. The van der Waals surface area contributed by atoms with Crippen LogP contribution in [0.1, 0.15) is 25.5 Å². The van der Waals surface area contributed by atoms with Crippen LogP contribution in [-0.4, -0.2) is 60.0 Å². The van der Waals surface area contributed by atoms with Crippen molar-refractivity contribution in [2.45, 2.75) is 19.9 Å². The van der Waals surface area contributed by atoms with Crippen molar-refractivity contribution in [2.75, 3.05) is 49.5 Å². The van der Waals surface area contributed by atoms with Gasteiger partial charge in [0.25, 0.3) is 0 Å². The van der Waals surface area contributed by atoms with Gasteiger partial charge < -0.3 is 20.4 Å². The topological polar surface area (TPSA) is 73.4 Å². The summed E-state index contributed by atoms with van der Waals surface area (Å²) in [6.07, 6.45) is 1.60. The van der Waals surface area contributed by atoms with Crippen LogP contribution in [0.4, 0.5) is 11.8 Å². The zero-order valence-corrected chi connectivity index (χ0v) is 19.7. The van der Waals surface area contributed by atoms with Gasteiger partial charge in [-0.25, -0.2) is 4.98 Å². The van der Waals surface area contributed by atoms with Crippen molar-refractivity contribution in [2.24, 2.45) is 5.41 Å². The Bertz CT molecular complexity index is 976. The molecule has 2 aromatic rings. The van der Waals surface area contributed by atoms with E-state index in [2.05, 4.69) is 25.5 Å². The van der Waals surface area contributed by atoms with Gasteiger partial charge in [0.05, 0.1) is 17.7 Å². The Balaban J connectivity index is 1.43. The quantitative estimate of drug-likeness (QED) is 0.673. The Kier molecular flexibility index (Phi) is 6.49. The van der Waals surface area contributed by atoms with E-state index in [9.17, 15) is 4.79 Å². The van der Waals surface area contributed by atoms with Gasteiger partial charge in [0, 0.05) is 49.3 Å². The minimum atomic E-state index is -0.269. The Labute approximate surface area is 197 Å². The Hall–Kier alpha value is -1.80. The normalized spacial score (nSPS) is 19.0. The van der Waals surface area contributed by atoms with Crippen molar-refractivity contribution in [1.82, 2.24) is 20.2 Å². The van der Waals surface area contributed by atoms with Gasteiger partial charge in [-0.05, 0) is 31.5 Å². The lowest BCUT2D eigenvalue weighted by Gasteiger charge is -2.44. The molecule has 31 heavy (non-hydrogen) atoms. The molecule has 166 valence electrons. The molecule has 1 unspecified atom stereocenters. The molecule has 2 N–H and O–H groups in total. The highest BCUT2D eigenvalue weighted by Gasteiger charge is 2.42. The number of hydrogen-bond acceptors (Lipinski definition) is 6. The molecule has 3 heterocycles. The van der Waals surface area contributed by atoms with Gasteiger partial charge in [-0.2, -0.15) is 4.98 Å². The van der Waals surface area contributed by atoms with Crippen LogP contribution in [-0.2, 0) is 4.79 Å². The van der Waals surface area contributed by atoms with E-state index < -0.39 is 0 Å². The minimum Gasteiger partial charge on any atom is -0.362 e. The smallest absolute Gasteiger partial charge is 0.231 e. The number of benzene rings is 1. The SMILES string of the molecule is CC(Nc1nc(N2CCN(C(=O)C3(C)CNC3)CC2)ncc1Cl)c1ccc(Cl)cc1Cl. The third kappa shape index (κ3) is 4.70. The summed E-state index contributed by atoms with van der Waals surface area (Å²) in [5.41, 5.74) is 0.628. The van der Waals surface area contributed by atoms with Crippen LogP contribution in [0.5, 0.6) is 0 Å². The third-order valence-corrected chi connectivity index (χ3v) is 6.75. The number of piperazine rings is 1. The molecule has 1 amide bonds. The van der Waals surface area contributed by atoms with Crippen LogP contribution in [0.2, 0.25) is 15.1 Å². The van der Waals surface area contributed by atoms with Gasteiger partial charge in [0.1, 0.15) is 5.02 Å². The van der Waals surface area contributed by atoms with Gasteiger partial charge in [-0.3, -0.25) is 4.79 Å². The van der Waals surface area contributed by atoms with Crippen LogP contribution < -0.4 is 15.5 Å². The van der Waals surface area contributed by atoms with E-state index in [-0.39, 0.29) is 17.4 Å². The summed E-state index contributed by atoms with van der Waals surface area (Å²) in [5, 5.41) is 8.10. The molecule has 10 heteroatoms. The van der Waals surface area contributed by atoms with E-state index >= 15 is 0 Å². The van der Waals surface area contributed by atoms with Crippen molar-refractivity contribution in [3.63, 3.8) is 0 Å². The van der Waals surface area contributed by atoms with Gasteiger partial charge >= 0.3 is 0 Å². The molecule has 0 aliphatic carbocycles. The van der Waals surface area contributed by atoms with Crippen LogP contribution in [0, 0.1) is 5.41 Å². The number of carbonyl (C=O) groups excluding carboxylic acids is 1. The largest absolute Gasteiger partial charge is 0.362 e. The highest BCUT2D eigenvalue weighted by molar-refractivity contribution is 6.35. The number of nitrogens with zero attached hydrogens (tertiary/aromatic N) is 4. The Morgan fingerprint density at radius 3 is 2.48 bits per heavy atom. The number of hydrogen-bond donors (Lipinski definition) is 2. The average Bonchev–Trinajstić information content (AvgIpc) is 2.73. The summed E-state index contributed by atoms with van der Waals surface area (Å²) in [5.74, 6) is 1.35. The first-order valence-corrected chi connectivity index (χ1v) is 11.4. The average molecular weight is 484 g/mol. The van der Waals surface area contributed by atoms with Crippen molar-refractivity contribution < 1.29 is 4.79 Å². The summed E-state index contributed by atoms with van der Waals surface area (Å²) >= 11 is 18.7. The second kappa shape index (κ2) is 8.98. The van der Waals surface area contributed by atoms with Crippen molar-refractivity contribution in [3.8, 4) is 0 Å². The fourth-order valence-corrected chi connectivity index (χ4v) is 4.61. The van der Waals surface area contributed by atoms with Crippen molar-refractivity contribution in [3.05, 3.63) is 45.0 Å². The highest BCUT2D eigenvalue weighted by Crippen LogP contribution is 2.31. The fraction of sp³-hybridized carbons (Fsp3) is 0.476. The number of amides is 1. The van der Waals surface area contributed by atoms with E-state index in [1.54, 1.807) is 18.3 Å². The maximum atomic E-state index is 12.7. The first-order valence-electron chi connectivity index (χ1n) is 10.3. The molecular formula is C21H25Cl3N6O. The number of nitrogens with one attached hydrogen (secondary N) is 2. The summed E-state index contributed by atoms with van der Waals surface area (Å²) in [6.45, 7) is 8.15. The van der Waals surface area contributed by atoms with Crippen LogP contribution in [0.25, 0.3) is 0 Å². The maximum absolute atomic E-state index is 12.7. The molecule has 7 nitrogen and oxygen atoms in total. The molecule has 4 rings (SSSR count). The molecule has 0 spiro atoms. The van der Waals surface area contributed by atoms with Crippen LogP contribution in [0.3, 0.4) is 0 Å². The predicted molar refractivity (Wildman–Crippen MR) is 125 cm³/mol. The van der Waals surface area contributed by atoms with E-state index in [4.69, 9.17) is 34.8 Å². The molecular weight excluding hydrogens is 459 g/mol. The maximum Gasteiger partial charge on any atom is 0.231 e. The zero-order valence-electron chi connectivity index (χ0n) is 17.5. The first-order chi connectivity index (χ1) is 14.8. The lowest BCUT2D eigenvalue weighted by atomic mass is 9.82. The third-order valence-electron chi connectivity index (χ3n) is 5.91. The van der Waals surface area contributed by atoms with Gasteiger partial charge in [0.15, 0.2) is 5.82 Å². The summed E-state index contributed by atoms with van der Waals surface area (Å²) in [6, 6.07) is 5.27. The van der Waals surface area contributed by atoms with Crippen LogP contribution in [0.15, 0.2) is 24.4 Å². The number of aromatic nitrogens is 2. The Morgan fingerprint density at radius 2 is 1.87 bits per heavy atom. The van der Waals surface area contributed by atoms with E-state index in [0.29, 0.717) is 53.0 Å². The molecule has 0 saturated carbocycles. The van der Waals surface area contributed by atoms with Gasteiger partial charge in [0.2, 0.25) is 11.9 Å². The van der Waals surface area contributed by atoms with Crippen molar-refractivity contribution in [1.29, 1.82) is 0 Å².